The van der Waals surface area contributed by atoms with Gasteiger partial charge in [0.2, 0.25) is 0 Å². The maximum absolute atomic E-state index is 12.2. The largest absolute Gasteiger partial charge is 0.382 e. The van der Waals surface area contributed by atoms with Crippen molar-refractivity contribution in [3.05, 3.63) is 0 Å². The van der Waals surface area contributed by atoms with Gasteiger partial charge in [0.05, 0.1) is 0 Å². The Morgan fingerprint density at radius 1 is 0.913 bits per heavy atom. The van der Waals surface area contributed by atoms with Crippen LogP contribution in [0.1, 0.15) is 85.0 Å². The summed E-state index contributed by atoms with van der Waals surface area (Å²) in [5.41, 5.74) is -0.676. The Balaban J connectivity index is 1.67. The summed E-state index contributed by atoms with van der Waals surface area (Å²) in [7, 11) is 0. The number of hydrogen-bond donors (Lipinski definition) is 1. The first kappa shape index (κ1) is 16.1. The van der Waals surface area contributed by atoms with Gasteiger partial charge in [0.1, 0.15) is 5.60 Å². The van der Waals surface area contributed by atoms with Gasteiger partial charge >= 0.3 is 0 Å². The number of hydrogen-bond acceptors (Lipinski definition) is 2. The molecule has 0 amide bonds. The highest BCUT2D eigenvalue weighted by Crippen LogP contribution is 2.68. The van der Waals surface area contributed by atoms with Crippen molar-refractivity contribution in [3.63, 3.8) is 0 Å². The van der Waals surface area contributed by atoms with E-state index in [-0.39, 0.29) is 11.2 Å². The summed E-state index contributed by atoms with van der Waals surface area (Å²) in [6.07, 6.45) is 12.5. The molecule has 0 aromatic rings. The van der Waals surface area contributed by atoms with E-state index in [4.69, 9.17) is 0 Å². The molecule has 7 atom stereocenters. The number of carbonyl (C=O) groups is 1. The van der Waals surface area contributed by atoms with Gasteiger partial charge in [0.15, 0.2) is 5.78 Å². The van der Waals surface area contributed by atoms with Crippen LogP contribution in [0.3, 0.4) is 0 Å². The molecule has 4 saturated carbocycles. The minimum atomic E-state index is -1.05. The molecule has 0 radical (unpaired) electrons. The van der Waals surface area contributed by atoms with Crippen LogP contribution >= 0.6 is 0 Å². The van der Waals surface area contributed by atoms with Crippen LogP contribution in [0.15, 0.2) is 0 Å². The van der Waals surface area contributed by atoms with Gasteiger partial charge in [0, 0.05) is 5.41 Å². The minimum absolute atomic E-state index is 0.0125. The molecule has 0 saturated heterocycles. The van der Waals surface area contributed by atoms with Crippen LogP contribution in [0.5, 0.6) is 0 Å². The number of ketones is 1. The van der Waals surface area contributed by atoms with E-state index in [9.17, 15) is 9.90 Å². The highest BCUT2D eigenvalue weighted by Gasteiger charge is 2.65. The summed E-state index contributed by atoms with van der Waals surface area (Å²) in [6.45, 7) is 6.43. The van der Waals surface area contributed by atoms with Gasteiger partial charge in [-0.1, -0.05) is 26.7 Å². The van der Waals surface area contributed by atoms with E-state index in [1.807, 2.05) is 0 Å². The van der Waals surface area contributed by atoms with Crippen molar-refractivity contribution in [2.75, 3.05) is 0 Å². The number of aliphatic hydroxyl groups is 1. The van der Waals surface area contributed by atoms with Gasteiger partial charge in [-0.25, -0.2) is 0 Å². The van der Waals surface area contributed by atoms with Crippen LogP contribution in [0.4, 0.5) is 0 Å². The second-order valence-electron chi connectivity index (χ2n) is 9.81. The smallest absolute Gasteiger partial charge is 0.161 e. The molecule has 0 spiro atoms. The lowest BCUT2D eigenvalue weighted by molar-refractivity contribution is -0.167. The quantitative estimate of drug-likeness (QED) is 0.758. The molecule has 0 heterocycles. The molecule has 23 heavy (non-hydrogen) atoms. The van der Waals surface area contributed by atoms with Crippen molar-refractivity contribution in [3.8, 4) is 0 Å². The Kier molecular flexibility index (Phi) is 3.55. The first-order valence-electron chi connectivity index (χ1n) is 10.1. The van der Waals surface area contributed by atoms with Crippen LogP contribution < -0.4 is 0 Å². The summed E-state index contributed by atoms with van der Waals surface area (Å²) in [5.74, 6) is 3.11. The lowest BCUT2D eigenvalue weighted by Crippen LogP contribution is -2.58. The number of Topliss-reactive ketones (excluding diaryl/α,β-unsaturated/α-hetero) is 1. The molecule has 4 aliphatic carbocycles. The van der Waals surface area contributed by atoms with E-state index >= 15 is 0 Å². The number of fused-ring (bicyclic) bond motifs is 5. The van der Waals surface area contributed by atoms with Gasteiger partial charge in [-0.05, 0) is 87.4 Å². The Morgan fingerprint density at radius 2 is 1.65 bits per heavy atom. The van der Waals surface area contributed by atoms with E-state index in [0.717, 1.165) is 30.6 Å². The van der Waals surface area contributed by atoms with Crippen molar-refractivity contribution < 1.29 is 9.90 Å². The fourth-order valence-electron chi connectivity index (χ4n) is 7.89. The summed E-state index contributed by atoms with van der Waals surface area (Å²) in [5, 5.41) is 11.2. The average molecular weight is 319 g/mol. The second kappa shape index (κ2) is 5.07. The van der Waals surface area contributed by atoms with E-state index in [1.54, 1.807) is 6.92 Å². The first-order valence-corrected chi connectivity index (χ1v) is 10.1. The van der Waals surface area contributed by atoms with Crippen molar-refractivity contribution in [1.29, 1.82) is 0 Å². The number of carbonyl (C=O) groups excluding carboxylic acids is 1. The Morgan fingerprint density at radius 3 is 2.39 bits per heavy atom. The molecular formula is C21H34O2. The molecule has 1 N–H and O–H groups in total. The van der Waals surface area contributed by atoms with Crippen LogP contribution in [0.25, 0.3) is 0 Å². The zero-order chi connectivity index (χ0) is 16.5. The summed E-state index contributed by atoms with van der Waals surface area (Å²) in [6, 6.07) is 0. The third kappa shape index (κ3) is 1.94. The Labute approximate surface area is 141 Å². The van der Waals surface area contributed by atoms with E-state index < -0.39 is 5.60 Å². The zero-order valence-electron chi connectivity index (χ0n) is 15.2. The fraction of sp³-hybridized carbons (Fsp3) is 0.952. The van der Waals surface area contributed by atoms with Gasteiger partial charge in [0.25, 0.3) is 0 Å². The van der Waals surface area contributed by atoms with Crippen molar-refractivity contribution in [1.82, 2.24) is 0 Å². The highest BCUT2D eigenvalue weighted by molar-refractivity contribution is 5.86. The molecule has 4 aliphatic rings. The van der Waals surface area contributed by atoms with Crippen LogP contribution in [-0.4, -0.2) is 16.5 Å². The van der Waals surface area contributed by atoms with E-state index in [2.05, 4.69) is 13.8 Å². The first-order chi connectivity index (χ1) is 10.8. The van der Waals surface area contributed by atoms with Crippen molar-refractivity contribution >= 4 is 5.78 Å². The molecule has 2 heteroatoms. The molecule has 130 valence electrons. The fourth-order valence-corrected chi connectivity index (χ4v) is 7.89. The zero-order valence-corrected chi connectivity index (χ0v) is 15.2. The lowest BCUT2D eigenvalue weighted by atomic mass is 9.44. The lowest BCUT2D eigenvalue weighted by Gasteiger charge is -2.61. The second-order valence-corrected chi connectivity index (χ2v) is 9.81. The molecule has 2 nitrogen and oxygen atoms in total. The monoisotopic (exact) mass is 318 g/mol. The molecule has 4 rings (SSSR count). The highest BCUT2D eigenvalue weighted by atomic mass is 16.3. The van der Waals surface area contributed by atoms with Gasteiger partial charge in [-0.15, -0.1) is 0 Å². The van der Waals surface area contributed by atoms with Gasteiger partial charge in [-0.3, -0.25) is 4.79 Å². The normalized spacial score (nSPS) is 55.7. The summed E-state index contributed by atoms with van der Waals surface area (Å²) >= 11 is 0. The van der Waals surface area contributed by atoms with E-state index in [0.29, 0.717) is 17.8 Å². The summed E-state index contributed by atoms with van der Waals surface area (Å²) in [4.78, 5) is 12.2. The predicted octanol–water partition coefficient (Wildman–Crippen LogP) is 4.74. The Bertz CT molecular complexity index is 514. The van der Waals surface area contributed by atoms with E-state index in [1.165, 1.54) is 44.9 Å². The maximum Gasteiger partial charge on any atom is 0.161 e. The standard InChI is InChI=1S/C21H34O2/c1-14(22)21(23)13-10-18-16-8-7-15-6-4-5-11-19(15,2)17(16)9-12-20(18,21)3/h15-18,23H,4-13H2,1-3H3/t15?,16-,17+,18+,19+,20+,21+/m1/s1. The third-order valence-electron chi connectivity index (χ3n) is 9.32. The van der Waals surface area contributed by atoms with Crippen molar-refractivity contribution in [2.45, 2.75) is 90.6 Å². The van der Waals surface area contributed by atoms with Crippen molar-refractivity contribution in [2.24, 2.45) is 34.5 Å². The minimum Gasteiger partial charge on any atom is -0.382 e. The van der Waals surface area contributed by atoms with Gasteiger partial charge < -0.3 is 5.11 Å². The summed E-state index contributed by atoms with van der Waals surface area (Å²) < 4.78 is 0. The van der Waals surface area contributed by atoms with Crippen LogP contribution in [0.2, 0.25) is 0 Å². The average Bonchev–Trinajstić information content (AvgIpc) is 2.80. The van der Waals surface area contributed by atoms with Crippen LogP contribution in [0, 0.1) is 34.5 Å². The third-order valence-corrected chi connectivity index (χ3v) is 9.32. The number of rotatable bonds is 1. The Hall–Kier alpha value is -0.370. The SMILES string of the molecule is CC(=O)[C@@]1(O)CC[C@H]2[C@@H]3CCC4CCCC[C@]4(C)[C@H]3CC[C@@]21C. The van der Waals surface area contributed by atoms with Gasteiger partial charge in [-0.2, -0.15) is 0 Å². The molecule has 1 unspecified atom stereocenters. The molecule has 0 bridgehead atoms. The molecule has 4 fully saturated rings. The van der Waals surface area contributed by atoms with Crippen LogP contribution in [-0.2, 0) is 4.79 Å². The molecule has 0 aromatic heterocycles. The maximum atomic E-state index is 12.2. The molecule has 0 aromatic carbocycles. The molecular weight excluding hydrogens is 284 g/mol. The predicted molar refractivity (Wildman–Crippen MR) is 92.0 cm³/mol. The topological polar surface area (TPSA) is 37.3 Å². The molecule has 0 aliphatic heterocycles.